The van der Waals surface area contributed by atoms with Crippen molar-refractivity contribution in [3.8, 4) is 0 Å². The number of aryl methyl sites for hydroxylation is 1. The minimum atomic E-state index is -0.492. The zero-order chi connectivity index (χ0) is 15.4. The first-order valence-corrected chi connectivity index (χ1v) is 6.52. The second-order valence-corrected chi connectivity index (χ2v) is 4.81. The summed E-state index contributed by atoms with van der Waals surface area (Å²) < 4.78 is 26.7. The quantitative estimate of drug-likeness (QED) is 0.898. The van der Waals surface area contributed by atoms with Crippen molar-refractivity contribution in [1.29, 1.82) is 0 Å². The third-order valence-electron chi connectivity index (χ3n) is 3.00. The third-order valence-corrected chi connectivity index (χ3v) is 3.00. The van der Waals surface area contributed by atoms with Crippen molar-refractivity contribution < 1.29 is 13.6 Å². The molecular weight excluding hydrogens is 274 g/mol. The molecule has 0 spiro atoms. The molecule has 0 aromatic heterocycles. The smallest absolute Gasteiger partial charge is 0.221 e. The first-order chi connectivity index (χ1) is 9.95. The summed E-state index contributed by atoms with van der Waals surface area (Å²) in [6.07, 6.45) is 0. The van der Waals surface area contributed by atoms with Crippen LogP contribution in [-0.2, 0) is 11.3 Å². The lowest BCUT2D eigenvalue weighted by atomic mass is 10.1. The van der Waals surface area contributed by atoms with Gasteiger partial charge in [0.1, 0.15) is 11.6 Å². The van der Waals surface area contributed by atoms with E-state index in [9.17, 15) is 13.6 Å². The molecule has 0 saturated heterocycles. The maximum absolute atomic E-state index is 13.5. The van der Waals surface area contributed by atoms with Gasteiger partial charge in [0.25, 0.3) is 0 Å². The number of anilines is 2. The van der Waals surface area contributed by atoms with Crippen molar-refractivity contribution in [2.24, 2.45) is 0 Å². The van der Waals surface area contributed by atoms with Crippen LogP contribution in [0.15, 0.2) is 36.4 Å². The van der Waals surface area contributed by atoms with E-state index in [1.165, 1.54) is 25.1 Å². The van der Waals surface area contributed by atoms with E-state index < -0.39 is 5.82 Å². The van der Waals surface area contributed by atoms with Crippen molar-refractivity contribution in [3.63, 3.8) is 0 Å². The molecule has 2 rings (SSSR count). The molecule has 0 bridgehead atoms. The number of nitrogens with one attached hydrogen (secondary N) is 2. The Morgan fingerprint density at radius 2 is 1.81 bits per heavy atom. The van der Waals surface area contributed by atoms with Crippen LogP contribution in [0, 0.1) is 18.6 Å². The molecule has 5 heteroatoms. The van der Waals surface area contributed by atoms with E-state index >= 15 is 0 Å². The lowest BCUT2D eigenvalue weighted by Crippen LogP contribution is -2.08. The Bertz CT molecular complexity index is 671. The fourth-order valence-electron chi connectivity index (χ4n) is 1.94. The molecule has 0 unspecified atom stereocenters. The fourth-order valence-corrected chi connectivity index (χ4v) is 1.94. The molecule has 0 atom stereocenters. The molecule has 2 aromatic rings. The average molecular weight is 290 g/mol. The van der Waals surface area contributed by atoms with Gasteiger partial charge in [0.2, 0.25) is 5.91 Å². The lowest BCUT2D eigenvalue weighted by molar-refractivity contribution is -0.114. The molecule has 0 radical (unpaired) electrons. The Labute approximate surface area is 122 Å². The highest BCUT2D eigenvalue weighted by atomic mass is 19.1. The zero-order valence-electron chi connectivity index (χ0n) is 11.8. The minimum absolute atomic E-state index is 0.128. The van der Waals surface area contributed by atoms with Crippen LogP contribution in [0.1, 0.15) is 18.1 Å². The number of hydrogen-bond acceptors (Lipinski definition) is 2. The molecule has 1 amide bonds. The van der Waals surface area contributed by atoms with Crippen molar-refractivity contribution in [2.75, 3.05) is 10.6 Å². The molecule has 2 N–H and O–H groups in total. The van der Waals surface area contributed by atoms with Crippen LogP contribution in [0.4, 0.5) is 20.2 Å². The van der Waals surface area contributed by atoms with Crippen molar-refractivity contribution >= 4 is 17.3 Å². The topological polar surface area (TPSA) is 41.1 Å². The van der Waals surface area contributed by atoms with Crippen molar-refractivity contribution in [1.82, 2.24) is 0 Å². The number of hydrogen-bond donors (Lipinski definition) is 2. The predicted octanol–water partition coefficient (Wildman–Crippen LogP) is 3.84. The van der Waals surface area contributed by atoms with Gasteiger partial charge < -0.3 is 10.6 Å². The summed E-state index contributed by atoms with van der Waals surface area (Å²) in [5.41, 5.74) is 2.29. The van der Waals surface area contributed by atoms with Gasteiger partial charge in [0.05, 0.1) is 5.69 Å². The molecule has 0 aliphatic carbocycles. The zero-order valence-corrected chi connectivity index (χ0v) is 11.8. The SMILES string of the molecule is CC(=O)Nc1cc(NCc2ccc(F)c(C)c2)ccc1F. The summed E-state index contributed by atoms with van der Waals surface area (Å²) in [5, 5.41) is 5.53. The Morgan fingerprint density at radius 1 is 1.10 bits per heavy atom. The number of benzene rings is 2. The van der Waals surface area contributed by atoms with Crippen LogP contribution in [0.2, 0.25) is 0 Å². The summed E-state index contributed by atoms with van der Waals surface area (Å²) in [5.74, 6) is -1.07. The van der Waals surface area contributed by atoms with Gasteiger partial charge in [-0.2, -0.15) is 0 Å². The Balaban J connectivity index is 2.09. The Morgan fingerprint density at radius 3 is 2.48 bits per heavy atom. The monoisotopic (exact) mass is 290 g/mol. The Kier molecular flexibility index (Phi) is 4.52. The van der Waals surface area contributed by atoms with Crippen LogP contribution >= 0.6 is 0 Å². The number of halogens is 2. The van der Waals surface area contributed by atoms with Crippen molar-refractivity contribution in [2.45, 2.75) is 20.4 Å². The molecule has 0 saturated carbocycles. The fraction of sp³-hybridized carbons (Fsp3) is 0.188. The van der Waals surface area contributed by atoms with E-state index in [-0.39, 0.29) is 17.4 Å². The standard InChI is InChI=1S/C16H16F2N2O/c1-10-7-12(3-5-14(10)17)9-19-13-4-6-15(18)16(8-13)20-11(2)21/h3-8,19H,9H2,1-2H3,(H,20,21). The summed E-state index contributed by atoms with van der Waals surface area (Å²) in [6.45, 7) is 3.50. The van der Waals surface area contributed by atoms with Crippen molar-refractivity contribution in [3.05, 3.63) is 59.2 Å². The van der Waals surface area contributed by atoms with Gasteiger partial charge in [0.15, 0.2) is 0 Å². The maximum Gasteiger partial charge on any atom is 0.221 e. The minimum Gasteiger partial charge on any atom is -0.381 e. The number of amides is 1. The first kappa shape index (κ1) is 15.0. The summed E-state index contributed by atoms with van der Waals surface area (Å²) >= 11 is 0. The van der Waals surface area contributed by atoms with Crippen LogP contribution in [0.3, 0.4) is 0 Å². The van der Waals surface area contributed by atoms with Crippen LogP contribution < -0.4 is 10.6 Å². The lowest BCUT2D eigenvalue weighted by Gasteiger charge is -2.10. The van der Waals surface area contributed by atoms with E-state index in [4.69, 9.17) is 0 Å². The molecule has 0 heterocycles. The summed E-state index contributed by atoms with van der Waals surface area (Å²) in [4.78, 5) is 11.0. The van der Waals surface area contributed by atoms with E-state index in [1.54, 1.807) is 25.1 Å². The van der Waals surface area contributed by atoms with E-state index in [2.05, 4.69) is 10.6 Å². The van der Waals surface area contributed by atoms with Gasteiger partial charge in [-0.05, 0) is 42.3 Å². The average Bonchev–Trinajstić information content (AvgIpc) is 2.43. The van der Waals surface area contributed by atoms with E-state index in [0.717, 1.165) is 5.56 Å². The van der Waals surface area contributed by atoms with Crippen LogP contribution in [0.25, 0.3) is 0 Å². The van der Waals surface area contributed by atoms with Gasteiger partial charge >= 0.3 is 0 Å². The predicted molar refractivity (Wildman–Crippen MR) is 79.2 cm³/mol. The largest absolute Gasteiger partial charge is 0.381 e. The van der Waals surface area contributed by atoms with E-state index in [1.807, 2.05) is 0 Å². The number of carbonyl (C=O) groups excluding carboxylic acids is 1. The molecule has 110 valence electrons. The van der Waals surface area contributed by atoms with Gasteiger partial charge in [-0.25, -0.2) is 8.78 Å². The maximum atomic E-state index is 13.5. The van der Waals surface area contributed by atoms with Gasteiger partial charge in [-0.3, -0.25) is 4.79 Å². The second kappa shape index (κ2) is 6.35. The number of rotatable bonds is 4. The van der Waals surface area contributed by atoms with Gasteiger partial charge in [0, 0.05) is 19.2 Å². The number of carbonyl (C=O) groups is 1. The van der Waals surface area contributed by atoms with E-state index in [0.29, 0.717) is 17.8 Å². The van der Waals surface area contributed by atoms with Gasteiger partial charge in [-0.15, -0.1) is 0 Å². The second-order valence-electron chi connectivity index (χ2n) is 4.81. The summed E-state index contributed by atoms with van der Waals surface area (Å²) in [7, 11) is 0. The Hall–Kier alpha value is -2.43. The highest BCUT2D eigenvalue weighted by molar-refractivity contribution is 5.89. The third kappa shape index (κ3) is 4.02. The first-order valence-electron chi connectivity index (χ1n) is 6.52. The molecule has 0 aliphatic rings. The molecule has 0 aliphatic heterocycles. The normalized spacial score (nSPS) is 10.3. The highest BCUT2D eigenvalue weighted by Gasteiger charge is 2.05. The molecule has 3 nitrogen and oxygen atoms in total. The molecular formula is C16H16F2N2O. The van der Waals surface area contributed by atoms with Crippen LogP contribution in [0.5, 0.6) is 0 Å². The summed E-state index contributed by atoms with van der Waals surface area (Å²) in [6, 6.07) is 9.24. The molecule has 21 heavy (non-hydrogen) atoms. The molecule has 2 aromatic carbocycles. The highest BCUT2D eigenvalue weighted by Crippen LogP contribution is 2.20. The van der Waals surface area contributed by atoms with Gasteiger partial charge in [-0.1, -0.05) is 12.1 Å². The molecule has 0 fully saturated rings. The van der Waals surface area contributed by atoms with Crippen LogP contribution in [-0.4, -0.2) is 5.91 Å².